The molecular weight excluding hydrogens is 1290 g/mol. The number of aromatic nitrogens is 2. The molecule has 3 aliphatic heterocycles. The highest BCUT2D eigenvalue weighted by Crippen LogP contribution is 2.56. The van der Waals surface area contributed by atoms with Crippen molar-refractivity contribution >= 4 is 130 Å². The minimum atomic E-state index is -0.203. The van der Waals surface area contributed by atoms with E-state index in [4.69, 9.17) is 0 Å². The Morgan fingerprint density at radius 2 is 0.495 bits per heavy atom. The van der Waals surface area contributed by atoms with Crippen LogP contribution in [0.15, 0.2) is 216 Å². The first-order valence-corrected chi connectivity index (χ1v) is 39.1. The van der Waals surface area contributed by atoms with Crippen molar-refractivity contribution in [1.29, 1.82) is 0 Å². The van der Waals surface area contributed by atoms with Gasteiger partial charge in [-0.2, -0.15) is 0 Å². The lowest BCUT2D eigenvalue weighted by Crippen LogP contribution is -2.61. The average molecular weight is 1400 g/mol. The number of fused-ring (bicyclic) bond motifs is 12. The van der Waals surface area contributed by atoms with E-state index >= 15 is 0 Å². The molecule has 0 atom stereocenters. The molecule has 7 heteroatoms. The lowest BCUT2D eigenvalue weighted by molar-refractivity contribution is 0.568. The number of para-hydroxylation sites is 2. The third-order valence-corrected chi connectivity index (χ3v) is 24.2. The molecule has 5 nitrogen and oxygen atoms in total. The van der Waals surface area contributed by atoms with Gasteiger partial charge in [-0.3, -0.25) is 0 Å². The van der Waals surface area contributed by atoms with Gasteiger partial charge in [0.2, 0.25) is 0 Å². The molecule has 2 aromatic heterocycles. The minimum Gasteiger partial charge on any atom is -0.311 e. The van der Waals surface area contributed by atoms with Crippen LogP contribution in [0.4, 0.5) is 51.2 Å². The maximum Gasteiger partial charge on any atom is 0.252 e. The van der Waals surface area contributed by atoms with Gasteiger partial charge in [-0.1, -0.05) is 251 Å². The van der Waals surface area contributed by atoms with E-state index in [0.29, 0.717) is 0 Å². The fourth-order valence-electron chi connectivity index (χ4n) is 16.6. The SMILES string of the molecule is CC(C)(C)c1cc(N2c3cc(-n4c5ccc(C(C)(C)C)cc5c5cc(C(C)(C)C)ccc54)ccc3B3c4ccc(-n5c6ccc(C(C)(C)C)cc6c6cc(C(C)(C)C)ccc65)cc4N(c4cc(C(C)(C)C)cc(C(C)(C)C)c4)c4cc(N5c6ccccc6Sc6ccccc65)cc2c43)cc(C(C)(C)C)c1. The van der Waals surface area contributed by atoms with Gasteiger partial charge in [0.15, 0.2) is 0 Å². The summed E-state index contributed by atoms with van der Waals surface area (Å²) in [5.74, 6) is 0. The molecule has 0 N–H and O–H groups in total. The van der Waals surface area contributed by atoms with E-state index < -0.39 is 0 Å². The zero-order chi connectivity index (χ0) is 74.7. The molecule has 16 rings (SSSR count). The molecule has 11 aromatic carbocycles. The van der Waals surface area contributed by atoms with Crippen LogP contribution in [0.3, 0.4) is 0 Å². The monoisotopic (exact) mass is 1400 g/mol. The van der Waals surface area contributed by atoms with Crippen LogP contribution < -0.4 is 31.1 Å². The van der Waals surface area contributed by atoms with Crippen LogP contribution in [0.25, 0.3) is 55.0 Å². The van der Waals surface area contributed by atoms with Crippen molar-refractivity contribution in [3.8, 4) is 11.4 Å². The molecule has 3 aliphatic rings. The minimum absolute atomic E-state index is 0.0426. The summed E-state index contributed by atoms with van der Waals surface area (Å²) in [5.41, 5.74) is 31.0. The van der Waals surface area contributed by atoms with E-state index in [9.17, 15) is 0 Å². The summed E-state index contributed by atoms with van der Waals surface area (Å²) in [5, 5.41) is 5.11. The van der Waals surface area contributed by atoms with Crippen LogP contribution in [0.1, 0.15) is 211 Å². The smallest absolute Gasteiger partial charge is 0.252 e. The molecule has 0 spiro atoms. The first kappa shape index (κ1) is 70.2. The van der Waals surface area contributed by atoms with E-state index in [1.807, 2.05) is 11.8 Å². The van der Waals surface area contributed by atoms with Gasteiger partial charge in [0.25, 0.3) is 6.71 Å². The van der Waals surface area contributed by atoms with Gasteiger partial charge >= 0.3 is 0 Å². The summed E-state index contributed by atoms with van der Waals surface area (Å²) in [4.78, 5) is 10.4. The Morgan fingerprint density at radius 1 is 0.229 bits per heavy atom. The van der Waals surface area contributed by atoms with E-state index in [-0.39, 0.29) is 50.0 Å². The van der Waals surface area contributed by atoms with Gasteiger partial charge in [-0.15, -0.1) is 0 Å². The first-order chi connectivity index (χ1) is 49.1. The molecule has 0 saturated carbocycles. The highest BCUT2D eigenvalue weighted by Gasteiger charge is 2.46. The molecule has 13 aromatic rings. The second-order valence-electron chi connectivity index (χ2n) is 39.0. The van der Waals surface area contributed by atoms with Crippen LogP contribution in [0.2, 0.25) is 0 Å². The predicted molar refractivity (Wildman–Crippen MR) is 458 cm³/mol. The Bertz CT molecular complexity index is 5200. The molecule has 0 aliphatic carbocycles. The summed E-state index contributed by atoms with van der Waals surface area (Å²) in [7, 11) is 0. The number of anilines is 9. The fourth-order valence-corrected chi connectivity index (χ4v) is 17.6. The van der Waals surface area contributed by atoms with Crippen LogP contribution in [-0.2, 0) is 43.3 Å². The highest BCUT2D eigenvalue weighted by atomic mass is 32.2. The Morgan fingerprint density at radius 3 is 0.790 bits per heavy atom. The second-order valence-corrected chi connectivity index (χ2v) is 40.1. The Labute approximate surface area is 630 Å². The first-order valence-electron chi connectivity index (χ1n) is 38.3. The molecule has 0 unspecified atom stereocenters. The maximum atomic E-state index is 2.71. The van der Waals surface area contributed by atoms with Crippen molar-refractivity contribution in [3.05, 3.63) is 251 Å². The number of hydrogen-bond acceptors (Lipinski definition) is 4. The molecule has 105 heavy (non-hydrogen) atoms. The summed E-state index contributed by atoms with van der Waals surface area (Å²) in [6, 6.07) is 82.5. The highest BCUT2D eigenvalue weighted by molar-refractivity contribution is 7.99. The van der Waals surface area contributed by atoms with Crippen molar-refractivity contribution in [3.63, 3.8) is 0 Å². The van der Waals surface area contributed by atoms with E-state index in [2.05, 4.69) is 396 Å². The number of rotatable bonds is 5. The maximum absolute atomic E-state index is 2.71. The van der Waals surface area contributed by atoms with E-state index in [1.54, 1.807) is 0 Å². The van der Waals surface area contributed by atoms with E-state index in [0.717, 1.165) is 39.8 Å². The summed E-state index contributed by atoms with van der Waals surface area (Å²) < 4.78 is 5.15. The molecule has 0 saturated heterocycles. The Balaban J connectivity index is 1.08. The van der Waals surface area contributed by atoms with Gasteiger partial charge < -0.3 is 23.8 Å². The molecule has 0 radical (unpaired) electrons. The van der Waals surface area contributed by atoms with Crippen molar-refractivity contribution in [2.45, 2.75) is 219 Å². The number of hydrogen-bond donors (Lipinski definition) is 0. The zero-order valence-corrected chi connectivity index (χ0v) is 67.7. The van der Waals surface area contributed by atoms with Crippen LogP contribution >= 0.6 is 11.8 Å². The predicted octanol–water partition coefficient (Wildman–Crippen LogP) is 26.3. The van der Waals surface area contributed by atoms with E-state index in [1.165, 1.54) is 137 Å². The van der Waals surface area contributed by atoms with Crippen molar-refractivity contribution in [2.75, 3.05) is 14.7 Å². The summed E-state index contributed by atoms with van der Waals surface area (Å²) in [6.07, 6.45) is 0. The molecule has 0 bridgehead atoms. The standard InChI is InChI=1S/C98H106BN5S/c1-91(2,3)59-33-41-78-72(51-59)73-52-60(92(4,5)6)34-42-79(73)100(78)67-37-39-76-84(55-67)103(69-47-63(95(13,14)15)45-64(48-69)96(16,17)18)86-57-71(102-82-29-25-27-31-88(82)105-89-32-28-26-30-83(89)102)58-87-90(86)99(76)77-40-38-68(56-85(77)104(87)70-49-65(97(19,20)21)46-66(50-70)98(22,23)24)101-80-43-35-61(93(7,8)9)53-74(80)75-54-62(94(10,11)12)36-44-81(75)101/h25-58H,1-24H3. The van der Waals surface area contributed by atoms with Gasteiger partial charge in [0.1, 0.15) is 0 Å². The quantitative estimate of drug-likeness (QED) is 0.160. The van der Waals surface area contributed by atoms with Crippen LogP contribution in [-0.4, -0.2) is 15.8 Å². The molecule has 5 heterocycles. The van der Waals surface area contributed by atoms with Crippen molar-refractivity contribution < 1.29 is 0 Å². The topological polar surface area (TPSA) is 19.6 Å². The van der Waals surface area contributed by atoms with Gasteiger partial charge in [0, 0.05) is 76.8 Å². The summed E-state index contributed by atoms with van der Waals surface area (Å²) >= 11 is 1.87. The fraction of sp³-hybridized carbons (Fsp3) is 0.327. The molecule has 0 amide bonds. The van der Waals surface area contributed by atoms with Crippen molar-refractivity contribution in [2.24, 2.45) is 0 Å². The van der Waals surface area contributed by atoms with Gasteiger partial charge in [0.05, 0.1) is 39.1 Å². The number of nitrogens with zero attached hydrogens (tertiary/aromatic N) is 5. The average Bonchev–Trinajstić information content (AvgIpc) is 0.933. The summed E-state index contributed by atoms with van der Waals surface area (Å²) in [6.45, 7) is 56.5. The Hall–Kier alpha value is -9.17. The third-order valence-electron chi connectivity index (χ3n) is 23.0. The normalized spacial score (nSPS) is 14.4. The lowest BCUT2D eigenvalue weighted by atomic mass is 9.33. The van der Waals surface area contributed by atoms with Crippen molar-refractivity contribution in [1.82, 2.24) is 9.13 Å². The zero-order valence-electron chi connectivity index (χ0n) is 66.9. The van der Waals surface area contributed by atoms with Crippen LogP contribution in [0.5, 0.6) is 0 Å². The largest absolute Gasteiger partial charge is 0.311 e. The second kappa shape index (κ2) is 23.7. The lowest BCUT2D eigenvalue weighted by Gasteiger charge is -2.46. The third kappa shape index (κ3) is 11.8. The number of benzene rings is 11. The molecular formula is C98H106BN5S. The molecule has 0 fully saturated rings. The van der Waals surface area contributed by atoms with Gasteiger partial charge in [-0.25, -0.2) is 0 Å². The molecule has 532 valence electrons. The van der Waals surface area contributed by atoms with Crippen LogP contribution in [0, 0.1) is 0 Å². The Kier molecular flexibility index (Phi) is 15.8. The van der Waals surface area contributed by atoms with Gasteiger partial charge in [-0.05, 0) is 238 Å².